The third-order valence-corrected chi connectivity index (χ3v) is 4.13. The Morgan fingerprint density at radius 2 is 1.87 bits per heavy atom. The summed E-state index contributed by atoms with van der Waals surface area (Å²) in [4.78, 5) is 11.1. The van der Waals surface area contributed by atoms with E-state index >= 15 is 0 Å². The largest absolute Gasteiger partial charge is 0.459 e. The molecule has 0 radical (unpaired) electrons. The van der Waals surface area contributed by atoms with Gasteiger partial charge in [-0.1, -0.05) is 32.9 Å². The van der Waals surface area contributed by atoms with Crippen LogP contribution in [-0.4, -0.2) is 11.6 Å². The van der Waals surface area contributed by atoms with Crippen molar-refractivity contribution in [3.8, 4) is 0 Å². The van der Waals surface area contributed by atoms with Gasteiger partial charge in [0.2, 0.25) is 0 Å². The monoisotopic (exact) mass is 210 g/mol. The summed E-state index contributed by atoms with van der Waals surface area (Å²) >= 11 is 0. The van der Waals surface area contributed by atoms with Gasteiger partial charge in [-0.2, -0.15) is 0 Å². The maximum absolute atomic E-state index is 11.1. The van der Waals surface area contributed by atoms with Crippen LogP contribution in [-0.2, 0) is 9.53 Å². The van der Waals surface area contributed by atoms with Gasteiger partial charge in [-0.15, -0.1) is 0 Å². The van der Waals surface area contributed by atoms with Crippen LogP contribution >= 0.6 is 0 Å². The number of rotatable bonds is 2. The lowest BCUT2D eigenvalue weighted by molar-refractivity contribution is -0.170. The van der Waals surface area contributed by atoms with Crippen molar-refractivity contribution >= 4 is 5.97 Å². The molecule has 1 rings (SSSR count). The van der Waals surface area contributed by atoms with Crippen molar-refractivity contribution in [3.05, 3.63) is 12.2 Å². The summed E-state index contributed by atoms with van der Waals surface area (Å²) in [5.41, 5.74) is -0.438. The minimum absolute atomic E-state index is 0.105. The highest BCUT2D eigenvalue weighted by atomic mass is 16.6. The Balaban J connectivity index is 3.04. The Labute approximate surface area is 92.7 Å². The topological polar surface area (TPSA) is 26.3 Å². The zero-order chi connectivity index (χ0) is 11.9. The van der Waals surface area contributed by atoms with E-state index in [1.807, 2.05) is 13.8 Å². The lowest BCUT2D eigenvalue weighted by Gasteiger charge is -2.48. The third kappa shape index (κ3) is 1.82. The Morgan fingerprint density at radius 3 is 2.20 bits per heavy atom. The fraction of sp³-hybridized carbons (Fsp3) is 0.769. The van der Waals surface area contributed by atoms with Gasteiger partial charge < -0.3 is 4.74 Å². The van der Waals surface area contributed by atoms with E-state index in [0.29, 0.717) is 0 Å². The first-order chi connectivity index (χ1) is 6.62. The molecule has 0 aliphatic heterocycles. The van der Waals surface area contributed by atoms with E-state index in [2.05, 4.69) is 32.9 Å². The number of carbonyl (C=O) groups excluding carboxylic acids is 1. The van der Waals surface area contributed by atoms with Gasteiger partial charge in [0.25, 0.3) is 0 Å². The predicted octanol–water partition coefficient (Wildman–Crippen LogP) is 3.32. The Kier molecular flexibility index (Phi) is 2.75. The fourth-order valence-electron chi connectivity index (χ4n) is 2.51. The maximum Gasteiger partial charge on any atom is 0.303 e. The highest BCUT2D eigenvalue weighted by Gasteiger charge is 2.53. The molecule has 2 heteroatoms. The highest BCUT2D eigenvalue weighted by molar-refractivity contribution is 5.66. The average molecular weight is 210 g/mol. The van der Waals surface area contributed by atoms with Crippen molar-refractivity contribution in [2.24, 2.45) is 10.8 Å². The summed E-state index contributed by atoms with van der Waals surface area (Å²) < 4.78 is 5.47. The molecule has 0 aromatic rings. The molecule has 0 fully saturated rings. The number of ether oxygens (including phenoxy) is 1. The lowest BCUT2D eigenvalue weighted by atomic mass is 9.61. The molecule has 1 unspecified atom stereocenters. The number of esters is 1. The van der Waals surface area contributed by atoms with Crippen molar-refractivity contribution in [2.45, 2.75) is 53.6 Å². The molecule has 1 aliphatic rings. The van der Waals surface area contributed by atoms with E-state index in [0.717, 1.165) is 6.42 Å². The summed E-state index contributed by atoms with van der Waals surface area (Å²) in [5, 5.41) is 0. The molecule has 0 N–H and O–H groups in total. The van der Waals surface area contributed by atoms with Crippen LogP contribution in [0.15, 0.2) is 12.2 Å². The lowest BCUT2D eigenvalue weighted by Crippen LogP contribution is -2.50. The van der Waals surface area contributed by atoms with Crippen LogP contribution < -0.4 is 0 Å². The number of hydrogen-bond donors (Lipinski definition) is 0. The quantitative estimate of drug-likeness (QED) is 0.516. The van der Waals surface area contributed by atoms with Crippen molar-refractivity contribution in [1.82, 2.24) is 0 Å². The Morgan fingerprint density at radius 1 is 1.33 bits per heavy atom. The molecule has 15 heavy (non-hydrogen) atoms. The van der Waals surface area contributed by atoms with Crippen LogP contribution in [0.5, 0.6) is 0 Å². The summed E-state index contributed by atoms with van der Waals surface area (Å²) in [6, 6.07) is 0. The number of hydrogen-bond acceptors (Lipinski definition) is 2. The Bertz CT molecular complexity index is 300. The molecular weight excluding hydrogens is 188 g/mol. The molecule has 0 saturated carbocycles. The molecule has 0 aromatic heterocycles. The van der Waals surface area contributed by atoms with Crippen LogP contribution in [0.4, 0.5) is 0 Å². The second kappa shape index (κ2) is 3.36. The standard InChI is InChI=1S/C13H22O2/c1-10(14)15-12(4,5)13(6)9-7-8-11(13,2)3/h7,9H,8H2,1-6H3. The van der Waals surface area contributed by atoms with Crippen LogP contribution in [0.25, 0.3) is 0 Å². The predicted molar refractivity (Wildman–Crippen MR) is 61.5 cm³/mol. The summed E-state index contributed by atoms with van der Waals surface area (Å²) in [6.45, 7) is 12.1. The van der Waals surface area contributed by atoms with E-state index in [1.54, 1.807) is 0 Å². The van der Waals surface area contributed by atoms with Crippen molar-refractivity contribution in [2.75, 3.05) is 0 Å². The van der Waals surface area contributed by atoms with Crippen molar-refractivity contribution < 1.29 is 9.53 Å². The zero-order valence-corrected chi connectivity index (χ0v) is 10.7. The van der Waals surface area contributed by atoms with E-state index < -0.39 is 5.60 Å². The molecular formula is C13H22O2. The summed E-state index contributed by atoms with van der Waals surface area (Å²) in [6.07, 6.45) is 5.41. The van der Waals surface area contributed by atoms with Crippen LogP contribution in [0.3, 0.4) is 0 Å². The maximum atomic E-state index is 11.1. The number of carbonyl (C=O) groups is 1. The smallest absolute Gasteiger partial charge is 0.303 e. The summed E-state index contributed by atoms with van der Waals surface area (Å²) in [7, 11) is 0. The number of allylic oxidation sites excluding steroid dienone is 1. The molecule has 0 heterocycles. The first-order valence-electron chi connectivity index (χ1n) is 5.50. The van der Waals surface area contributed by atoms with Gasteiger partial charge in [0, 0.05) is 12.3 Å². The summed E-state index contributed by atoms with van der Waals surface area (Å²) in [5.74, 6) is -0.211. The van der Waals surface area contributed by atoms with Crippen LogP contribution in [0, 0.1) is 10.8 Å². The SMILES string of the molecule is CC(=O)OC(C)(C)C1(C)C=CCC1(C)C. The van der Waals surface area contributed by atoms with Gasteiger partial charge in [0.1, 0.15) is 5.60 Å². The minimum Gasteiger partial charge on any atom is -0.459 e. The van der Waals surface area contributed by atoms with Gasteiger partial charge in [-0.3, -0.25) is 4.79 Å². The first-order valence-corrected chi connectivity index (χ1v) is 5.50. The molecule has 0 aromatic carbocycles. The second-order valence-corrected chi connectivity index (χ2v) is 5.80. The molecule has 86 valence electrons. The van der Waals surface area contributed by atoms with E-state index in [4.69, 9.17) is 4.74 Å². The van der Waals surface area contributed by atoms with Gasteiger partial charge in [0.05, 0.1) is 0 Å². The fourth-order valence-corrected chi connectivity index (χ4v) is 2.51. The zero-order valence-electron chi connectivity index (χ0n) is 10.7. The van der Waals surface area contributed by atoms with E-state index in [9.17, 15) is 4.79 Å². The van der Waals surface area contributed by atoms with E-state index in [-0.39, 0.29) is 16.8 Å². The van der Waals surface area contributed by atoms with Crippen molar-refractivity contribution in [3.63, 3.8) is 0 Å². The van der Waals surface area contributed by atoms with E-state index in [1.165, 1.54) is 6.92 Å². The molecule has 0 amide bonds. The second-order valence-electron chi connectivity index (χ2n) is 5.80. The van der Waals surface area contributed by atoms with Crippen LogP contribution in [0.1, 0.15) is 48.0 Å². The molecule has 2 nitrogen and oxygen atoms in total. The molecule has 1 aliphatic carbocycles. The van der Waals surface area contributed by atoms with Crippen LogP contribution in [0.2, 0.25) is 0 Å². The third-order valence-electron chi connectivity index (χ3n) is 4.13. The average Bonchev–Trinajstić information content (AvgIpc) is 2.25. The minimum atomic E-state index is -0.463. The van der Waals surface area contributed by atoms with Gasteiger partial charge in [-0.05, 0) is 25.7 Å². The molecule has 0 spiro atoms. The Hall–Kier alpha value is -0.790. The van der Waals surface area contributed by atoms with Crippen molar-refractivity contribution in [1.29, 1.82) is 0 Å². The van der Waals surface area contributed by atoms with Gasteiger partial charge in [-0.25, -0.2) is 0 Å². The highest BCUT2D eigenvalue weighted by Crippen LogP contribution is 2.55. The van der Waals surface area contributed by atoms with Gasteiger partial charge >= 0.3 is 5.97 Å². The van der Waals surface area contributed by atoms with Gasteiger partial charge in [0.15, 0.2) is 0 Å². The first kappa shape index (κ1) is 12.3. The normalized spacial score (nSPS) is 29.2. The molecule has 0 saturated heterocycles. The molecule has 1 atom stereocenters. The molecule has 0 bridgehead atoms.